The zero-order chi connectivity index (χ0) is 14.4. The number of aryl methyl sites for hydroxylation is 1. The van der Waals surface area contributed by atoms with Crippen molar-refractivity contribution in [1.29, 1.82) is 0 Å². The zero-order valence-electron chi connectivity index (χ0n) is 12.3. The quantitative estimate of drug-likeness (QED) is 0.732. The van der Waals surface area contributed by atoms with E-state index < -0.39 is 0 Å². The van der Waals surface area contributed by atoms with Crippen LogP contribution in [0.15, 0.2) is 6.07 Å². The second-order valence-corrected chi connectivity index (χ2v) is 5.91. The largest absolute Gasteiger partial charge is 0.385 e. The summed E-state index contributed by atoms with van der Waals surface area (Å²) >= 11 is 1.70. The van der Waals surface area contributed by atoms with Gasteiger partial charge in [0, 0.05) is 31.7 Å². The molecule has 0 radical (unpaired) electrons. The van der Waals surface area contributed by atoms with Gasteiger partial charge in [-0.3, -0.25) is 0 Å². The number of hydrogen-bond acceptors (Lipinski definition) is 6. The number of aromatic nitrogens is 2. The lowest BCUT2D eigenvalue weighted by Gasteiger charge is -2.09. The Morgan fingerprint density at radius 1 is 1.25 bits per heavy atom. The van der Waals surface area contributed by atoms with Crippen LogP contribution in [0.1, 0.15) is 24.6 Å². The molecule has 0 fully saturated rings. The molecule has 0 saturated heterocycles. The van der Waals surface area contributed by atoms with Crippen molar-refractivity contribution in [2.75, 3.05) is 37.4 Å². The molecule has 0 aliphatic rings. The highest BCUT2D eigenvalue weighted by Gasteiger charge is 2.10. The van der Waals surface area contributed by atoms with E-state index in [2.05, 4.69) is 40.5 Å². The Bertz CT molecular complexity index is 555. The van der Waals surface area contributed by atoms with Crippen LogP contribution in [0, 0.1) is 6.92 Å². The number of thiophene rings is 1. The topological polar surface area (TPSA) is 59.1 Å². The molecule has 2 aromatic rings. The second kappa shape index (κ2) is 7.40. The van der Waals surface area contributed by atoms with E-state index in [4.69, 9.17) is 4.74 Å². The maximum absolute atomic E-state index is 5.07. The fraction of sp³-hybridized carbons (Fsp3) is 0.571. The monoisotopic (exact) mass is 294 g/mol. The van der Waals surface area contributed by atoms with Gasteiger partial charge in [0.25, 0.3) is 0 Å². The molecule has 5 nitrogen and oxygen atoms in total. The normalized spacial score (nSPS) is 10.9. The Morgan fingerprint density at radius 3 is 2.85 bits per heavy atom. The minimum absolute atomic E-state index is 0.704. The summed E-state index contributed by atoms with van der Waals surface area (Å²) < 4.78 is 5.07. The maximum Gasteiger partial charge on any atom is 0.226 e. The number of hydrogen-bond donors (Lipinski definition) is 2. The van der Waals surface area contributed by atoms with Crippen LogP contribution in [0.2, 0.25) is 0 Å². The Labute approximate surface area is 123 Å². The minimum atomic E-state index is 0.704. The summed E-state index contributed by atoms with van der Waals surface area (Å²) in [6.45, 7) is 6.72. The lowest BCUT2D eigenvalue weighted by molar-refractivity contribution is 0.198. The van der Waals surface area contributed by atoms with Crippen molar-refractivity contribution in [2.24, 2.45) is 0 Å². The van der Waals surface area contributed by atoms with E-state index in [1.165, 1.54) is 4.88 Å². The summed E-state index contributed by atoms with van der Waals surface area (Å²) in [5.41, 5.74) is 0. The van der Waals surface area contributed by atoms with Crippen molar-refractivity contribution in [1.82, 2.24) is 9.97 Å². The van der Waals surface area contributed by atoms with Crippen LogP contribution >= 0.6 is 11.3 Å². The SMILES string of the molecule is CCCNc1nc(NCCCOC)c2cc(C)sc2n1. The first-order chi connectivity index (χ1) is 9.74. The fourth-order valence-corrected chi connectivity index (χ4v) is 2.80. The Balaban J connectivity index is 2.19. The van der Waals surface area contributed by atoms with Gasteiger partial charge in [0.1, 0.15) is 10.6 Å². The Hall–Kier alpha value is -1.40. The lowest BCUT2D eigenvalue weighted by atomic mass is 10.3. The van der Waals surface area contributed by atoms with Crippen LogP contribution in [-0.2, 0) is 4.74 Å². The van der Waals surface area contributed by atoms with Crippen molar-refractivity contribution < 1.29 is 4.74 Å². The first-order valence-corrected chi connectivity index (χ1v) is 7.81. The van der Waals surface area contributed by atoms with Gasteiger partial charge in [0.15, 0.2) is 0 Å². The van der Waals surface area contributed by atoms with E-state index in [-0.39, 0.29) is 0 Å². The summed E-state index contributed by atoms with van der Waals surface area (Å²) in [7, 11) is 1.72. The van der Waals surface area contributed by atoms with Gasteiger partial charge in [-0.1, -0.05) is 6.92 Å². The summed E-state index contributed by atoms with van der Waals surface area (Å²) in [5.74, 6) is 1.62. The predicted octanol–water partition coefficient (Wildman–Crippen LogP) is 3.27. The number of ether oxygens (including phenoxy) is 1. The van der Waals surface area contributed by atoms with Crippen LogP contribution in [-0.4, -0.2) is 36.8 Å². The molecule has 0 unspecified atom stereocenters. The van der Waals surface area contributed by atoms with E-state index in [9.17, 15) is 0 Å². The first-order valence-electron chi connectivity index (χ1n) is 6.99. The number of methoxy groups -OCH3 is 1. The molecular weight excluding hydrogens is 272 g/mol. The van der Waals surface area contributed by atoms with Crippen LogP contribution in [0.3, 0.4) is 0 Å². The van der Waals surface area contributed by atoms with Crippen molar-refractivity contribution in [3.8, 4) is 0 Å². The van der Waals surface area contributed by atoms with Gasteiger partial charge >= 0.3 is 0 Å². The average molecular weight is 294 g/mol. The summed E-state index contributed by atoms with van der Waals surface area (Å²) in [6, 6.07) is 2.14. The van der Waals surface area contributed by atoms with Crippen molar-refractivity contribution in [2.45, 2.75) is 26.7 Å². The van der Waals surface area contributed by atoms with Crippen LogP contribution in [0.4, 0.5) is 11.8 Å². The van der Waals surface area contributed by atoms with Gasteiger partial charge in [-0.15, -0.1) is 11.3 Å². The summed E-state index contributed by atoms with van der Waals surface area (Å²) in [6.07, 6.45) is 2.02. The molecule has 20 heavy (non-hydrogen) atoms. The van der Waals surface area contributed by atoms with Crippen LogP contribution in [0.25, 0.3) is 10.2 Å². The molecule has 2 heterocycles. The summed E-state index contributed by atoms with van der Waals surface area (Å²) in [5, 5.41) is 7.75. The third kappa shape index (κ3) is 3.80. The molecule has 0 saturated carbocycles. The van der Waals surface area contributed by atoms with Crippen molar-refractivity contribution in [3.63, 3.8) is 0 Å². The van der Waals surface area contributed by atoms with Gasteiger partial charge in [0.05, 0.1) is 5.39 Å². The molecule has 2 rings (SSSR count). The van der Waals surface area contributed by atoms with Crippen molar-refractivity contribution in [3.05, 3.63) is 10.9 Å². The van der Waals surface area contributed by atoms with Crippen molar-refractivity contribution >= 4 is 33.3 Å². The molecule has 2 aromatic heterocycles. The van der Waals surface area contributed by atoms with E-state index in [1.807, 2.05) is 0 Å². The van der Waals surface area contributed by atoms with Gasteiger partial charge < -0.3 is 15.4 Å². The highest BCUT2D eigenvalue weighted by molar-refractivity contribution is 7.18. The van der Waals surface area contributed by atoms with Crippen LogP contribution < -0.4 is 10.6 Å². The Kier molecular flexibility index (Phi) is 5.55. The Morgan fingerprint density at radius 2 is 2.10 bits per heavy atom. The number of rotatable bonds is 8. The molecule has 0 bridgehead atoms. The van der Waals surface area contributed by atoms with Gasteiger partial charge in [-0.05, 0) is 25.8 Å². The first kappa shape index (κ1) is 15.0. The highest BCUT2D eigenvalue weighted by Crippen LogP contribution is 2.29. The average Bonchev–Trinajstić information content (AvgIpc) is 2.81. The molecule has 0 spiro atoms. The number of nitrogens with one attached hydrogen (secondary N) is 2. The highest BCUT2D eigenvalue weighted by atomic mass is 32.1. The molecule has 0 atom stereocenters. The van der Waals surface area contributed by atoms with Gasteiger partial charge in [-0.2, -0.15) is 4.98 Å². The third-order valence-electron chi connectivity index (χ3n) is 2.87. The van der Waals surface area contributed by atoms with E-state index in [1.54, 1.807) is 18.4 Å². The zero-order valence-corrected chi connectivity index (χ0v) is 13.1. The van der Waals surface area contributed by atoms with Gasteiger partial charge in [-0.25, -0.2) is 4.98 Å². The summed E-state index contributed by atoms with van der Waals surface area (Å²) in [4.78, 5) is 11.4. The second-order valence-electron chi connectivity index (χ2n) is 4.67. The standard InChI is InChI=1S/C14H22N4OS/c1-4-6-16-14-17-12(15-7-5-8-19-3)11-9-10(2)20-13(11)18-14/h9H,4-8H2,1-3H3,(H2,15,16,17,18). The number of nitrogens with zero attached hydrogens (tertiary/aromatic N) is 2. The minimum Gasteiger partial charge on any atom is -0.385 e. The predicted molar refractivity (Wildman–Crippen MR) is 85.9 cm³/mol. The molecule has 6 heteroatoms. The molecular formula is C14H22N4OS. The smallest absolute Gasteiger partial charge is 0.226 e. The fourth-order valence-electron chi connectivity index (χ4n) is 1.92. The van der Waals surface area contributed by atoms with E-state index in [0.29, 0.717) is 5.95 Å². The van der Waals surface area contributed by atoms with E-state index >= 15 is 0 Å². The molecule has 0 amide bonds. The van der Waals surface area contributed by atoms with E-state index in [0.717, 1.165) is 48.6 Å². The molecule has 0 aromatic carbocycles. The number of anilines is 2. The lowest BCUT2D eigenvalue weighted by Crippen LogP contribution is -2.09. The third-order valence-corrected chi connectivity index (χ3v) is 3.81. The molecule has 0 aliphatic heterocycles. The van der Waals surface area contributed by atoms with Gasteiger partial charge in [0.2, 0.25) is 5.95 Å². The van der Waals surface area contributed by atoms with Crippen LogP contribution in [0.5, 0.6) is 0 Å². The maximum atomic E-state index is 5.07. The molecule has 0 aliphatic carbocycles. The molecule has 110 valence electrons. The number of fused-ring (bicyclic) bond motifs is 1. The molecule has 2 N–H and O–H groups in total.